The first kappa shape index (κ1) is 8.52. The summed E-state index contributed by atoms with van der Waals surface area (Å²) < 4.78 is 0. The van der Waals surface area contributed by atoms with Gasteiger partial charge in [-0.1, -0.05) is 13.8 Å². The van der Waals surface area contributed by atoms with Gasteiger partial charge >= 0.3 is 0 Å². The number of rotatable bonds is 2. The highest BCUT2D eigenvalue weighted by atomic mass is 15.2. The topological polar surface area (TPSA) is 15.3 Å². The van der Waals surface area contributed by atoms with Crippen LogP contribution in [0.25, 0.3) is 0 Å². The number of hydrogen-bond acceptors (Lipinski definition) is 2. The van der Waals surface area contributed by atoms with E-state index < -0.39 is 0 Å². The summed E-state index contributed by atoms with van der Waals surface area (Å²) in [4.78, 5) is 2.67. The molecule has 2 rings (SSSR count). The van der Waals surface area contributed by atoms with Gasteiger partial charge < -0.3 is 5.32 Å². The third-order valence-corrected chi connectivity index (χ3v) is 3.48. The first-order valence-corrected chi connectivity index (χ1v) is 5.22. The van der Waals surface area contributed by atoms with E-state index in [1.165, 1.54) is 32.6 Å². The third-order valence-electron chi connectivity index (χ3n) is 3.48. The Bertz CT molecular complexity index is 152. The van der Waals surface area contributed by atoms with Gasteiger partial charge in [0.05, 0.1) is 0 Å². The zero-order chi connectivity index (χ0) is 8.55. The maximum atomic E-state index is 3.34. The Morgan fingerprint density at radius 1 is 1.33 bits per heavy atom. The Hall–Kier alpha value is -0.0800. The second-order valence-corrected chi connectivity index (χ2v) is 4.60. The average Bonchev–Trinajstić information content (AvgIpc) is 2.32. The van der Waals surface area contributed by atoms with Crippen LogP contribution in [-0.4, -0.2) is 37.1 Å². The van der Waals surface area contributed by atoms with Crippen molar-refractivity contribution in [2.45, 2.75) is 26.3 Å². The Balaban J connectivity index is 1.81. The van der Waals surface area contributed by atoms with E-state index in [4.69, 9.17) is 0 Å². The number of nitrogens with one attached hydrogen (secondary N) is 1. The number of nitrogens with zero attached hydrogens (tertiary/aromatic N) is 1. The maximum Gasteiger partial charge on any atom is 0.0345 e. The van der Waals surface area contributed by atoms with Crippen LogP contribution in [0, 0.1) is 11.8 Å². The number of hydrogen-bond donors (Lipinski definition) is 1. The lowest BCUT2D eigenvalue weighted by Gasteiger charge is -2.35. The quantitative estimate of drug-likeness (QED) is 0.660. The van der Waals surface area contributed by atoms with Gasteiger partial charge in [-0.25, -0.2) is 0 Å². The Labute approximate surface area is 75.3 Å². The van der Waals surface area contributed by atoms with Gasteiger partial charge in [0.15, 0.2) is 0 Å². The van der Waals surface area contributed by atoms with Crippen LogP contribution in [0.15, 0.2) is 0 Å². The molecule has 0 aromatic heterocycles. The van der Waals surface area contributed by atoms with E-state index in [1.807, 2.05) is 0 Å². The molecule has 70 valence electrons. The van der Waals surface area contributed by atoms with Crippen molar-refractivity contribution in [2.75, 3.05) is 26.2 Å². The van der Waals surface area contributed by atoms with Crippen LogP contribution in [-0.2, 0) is 0 Å². The van der Waals surface area contributed by atoms with E-state index in [0.717, 1.165) is 17.9 Å². The predicted octanol–water partition coefficient (Wildman–Crippen LogP) is 0.936. The highest BCUT2D eigenvalue weighted by Crippen LogP contribution is 2.25. The predicted molar refractivity (Wildman–Crippen MR) is 51.2 cm³/mol. The average molecular weight is 168 g/mol. The SMILES string of the molecule is CC(C)C1CCN(C2CNC2)C1. The van der Waals surface area contributed by atoms with E-state index >= 15 is 0 Å². The molecular formula is C10H20N2. The molecule has 0 aliphatic carbocycles. The highest BCUT2D eigenvalue weighted by molar-refractivity contribution is 4.89. The Morgan fingerprint density at radius 2 is 2.08 bits per heavy atom. The van der Waals surface area contributed by atoms with Gasteiger partial charge in [0.2, 0.25) is 0 Å². The van der Waals surface area contributed by atoms with Crippen molar-refractivity contribution in [3.63, 3.8) is 0 Å². The van der Waals surface area contributed by atoms with Crippen LogP contribution in [0.5, 0.6) is 0 Å². The molecule has 1 unspecified atom stereocenters. The van der Waals surface area contributed by atoms with Crippen molar-refractivity contribution in [3.8, 4) is 0 Å². The summed E-state index contributed by atoms with van der Waals surface area (Å²) >= 11 is 0. The van der Waals surface area contributed by atoms with Crippen LogP contribution in [0.1, 0.15) is 20.3 Å². The van der Waals surface area contributed by atoms with E-state index in [2.05, 4.69) is 24.1 Å². The minimum Gasteiger partial charge on any atom is -0.314 e. The lowest BCUT2D eigenvalue weighted by atomic mass is 9.95. The summed E-state index contributed by atoms with van der Waals surface area (Å²) in [7, 11) is 0. The molecule has 1 N–H and O–H groups in total. The molecule has 12 heavy (non-hydrogen) atoms. The summed E-state index contributed by atoms with van der Waals surface area (Å²) in [6.45, 7) is 9.86. The van der Waals surface area contributed by atoms with Gasteiger partial charge in [-0.05, 0) is 24.8 Å². The van der Waals surface area contributed by atoms with E-state index in [0.29, 0.717) is 0 Å². The monoisotopic (exact) mass is 168 g/mol. The Kier molecular flexibility index (Phi) is 2.37. The van der Waals surface area contributed by atoms with Crippen LogP contribution < -0.4 is 5.32 Å². The standard InChI is InChI=1S/C10H20N2/c1-8(2)9-3-4-12(7-9)10-5-11-6-10/h8-11H,3-7H2,1-2H3. The molecule has 0 amide bonds. The van der Waals surface area contributed by atoms with Crippen LogP contribution >= 0.6 is 0 Å². The molecule has 2 nitrogen and oxygen atoms in total. The van der Waals surface area contributed by atoms with Crippen molar-refractivity contribution in [1.82, 2.24) is 10.2 Å². The van der Waals surface area contributed by atoms with Crippen LogP contribution in [0.3, 0.4) is 0 Å². The van der Waals surface area contributed by atoms with Crippen molar-refractivity contribution in [2.24, 2.45) is 11.8 Å². The maximum absolute atomic E-state index is 3.34. The summed E-state index contributed by atoms with van der Waals surface area (Å²) in [5, 5.41) is 3.34. The van der Waals surface area contributed by atoms with Gasteiger partial charge in [0.25, 0.3) is 0 Å². The fourth-order valence-electron chi connectivity index (χ4n) is 2.22. The fourth-order valence-corrected chi connectivity index (χ4v) is 2.22. The molecule has 2 fully saturated rings. The minimum atomic E-state index is 0.869. The first-order valence-electron chi connectivity index (χ1n) is 5.22. The second-order valence-electron chi connectivity index (χ2n) is 4.60. The molecule has 2 heterocycles. The molecule has 0 spiro atoms. The third kappa shape index (κ3) is 1.50. The van der Waals surface area contributed by atoms with Crippen LogP contribution in [0.2, 0.25) is 0 Å². The summed E-state index contributed by atoms with van der Waals surface area (Å²) in [5.74, 6) is 1.84. The van der Waals surface area contributed by atoms with E-state index in [9.17, 15) is 0 Å². The molecule has 0 aromatic carbocycles. The molecule has 2 heteroatoms. The number of likely N-dealkylation sites (tertiary alicyclic amines) is 1. The fraction of sp³-hybridized carbons (Fsp3) is 1.00. The van der Waals surface area contributed by atoms with Crippen molar-refractivity contribution >= 4 is 0 Å². The smallest absolute Gasteiger partial charge is 0.0345 e. The van der Waals surface area contributed by atoms with Gasteiger partial charge in [0.1, 0.15) is 0 Å². The highest BCUT2D eigenvalue weighted by Gasteiger charge is 2.32. The normalized spacial score (nSPS) is 32.8. The molecule has 2 saturated heterocycles. The zero-order valence-corrected chi connectivity index (χ0v) is 8.21. The largest absolute Gasteiger partial charge is 0.314 e. The summed E-state index contributed by atoms with van der Waals surface area (Å²) in [6, 6.07) is 0.869. The van der Waals surface area contributed by atoms with Crippen molar-refractivity contribution in [3.05, 3.63) is 0 Å². The molecule has 2 aliphatic heterocycles. The van der Waals surface area contributed by atoms with Gasteiger partial charge in [-0.2, -0.15) is 0 Å². The summed E-state index contributed by atoms with van der Waals surface area (Å²) in [5.41, 5.74) is 0. The minimum absolute atomic E-state index is 0.869. The molecule has 0 aromatic rings. The molecule has 1 atom stereocenters. The molecule has 0 saturated carbocycles. The molecule has 0 radical (unpaired) electrons. The molecule has 2 aliphatic rings. The van der Waals surface area contributed by atoms with Gasteiger partial charge in [0, 0.05) is 25.7 Å². The molecule has 0 bridgehead atoms. The van der Waals surface area contributed by atoms with Gasteiger partial charge in [-0.3, -0.25) is 4.90 Å². The van der Waals surface area contributed by atoms with E-state index in [-0.39, 0.29) is 0 Å². The zero-order valence-electron chi connectivity index (χ0n) is 8.21. The van der Waals surface area contributed by atoms with E-state index in [1.54, 1.807) is 0 Å². The Morgan fingerprint density at radius 3 is 2.50 bits per heavy atom. The summed E-state index contributed by atoms with van der Waals surface area (Å²) in [6.07, 6.45) is 1.42. The van der Waals surface area contributed by atoms with Crippen molar-refractivity contribution < 1.29 is 0 Å². The second kappa shape index (κ2) is 3.35. The lowest BCUT2D eigenvalue weighted by Crippen LogP contribution is -2.56. The molecular weight excluding hydrogens is 148 g/mol. The van der Waals surface area contributed by atoms with Crippen molar-refractivity contribution in [1.29, 1.82) is 0 Å². The lowest BCUT2D eigenvalue weighted by molar-refractivity contribution is 0.169. The first-order chi connectivity index (χ1) is 5.77. The van der Waals surface area contributed by atoms with Gasteiger partial charge in [-0.15, -0.1) is 0 Å². The van der Waals surface area contributed by atoms with Crippen LogP contribution in [0.4, 0.5) is 0 Å².